The quantitative estimate of drug-likeness (QED) is 0.103. The summed E-state index contributed by atoms with van der Waals surface area (Å²) in [4.78, 5) is 28.7. The number of nitrogens with two attached hydrogens (primary N) is 1. The third-order valence-corrected chi connectivity index (χ3v) is 12.5. The van der Waals surface area contributed by atoms with Gasteiger partial charge in [0.15, 0.2) is 11.5 Å². The van der Waals surface area contributed by atoms with Gasteiger partial charge in [0.25, 0.3) is 5.91 Å². The number of nitrogens with zero attached hydrogens (tertiary/aromatic N) is 10. The second kappa shape index (κ2) is 27.3. The predicted molar refractivity (Wildman–Crippen MR) is 311 cm³/mol. The molecule has 21 nitrogen and oxygen atoms in total. The molecule has 1 aliphatic rings. The molecule has 82 heavy (non-hydrogen) atoms. The van der Waals surface area contributed by atoms with Crippen molar-refractivity contribution in [1.82, 2.24) is 40.2 Å². The van der Waals surface area contributed by atoms with Gasteiger partial charge in [-0.15, -0.1) is 5.10 Å². The molecular formula is C57H43Cl4N13O8. The minimum Gasteiger partial charge on any atom is -0.497 e. The van der Waals surface area contributed by atoms with Crippen molar-refractivity contribution in [3.63, 3.8) is 0 Å². The SMILES string of the molecule is COc1ccc2cc(-c3c(Oc4ccc(C(=O)Nc5nnn[nH]5)cc4)cnn3-c3cc(Cl)cc(Cl)c3)ccc2c1.COc1ccc2cc(-c3c(Oc4ccccc4)cnn3-c3cc(Cl)cc(Cl)c3)ccc2c1.NC1=NN=NC1.O.O=C=O. The summed E-state index contributed by atoms with van der Waals surface area (Å²) in [7, 11) is 3.30. The van der Waals surface area contributed by atoms with Crippen molar-refractivity contribution in [2.24, 2.45) is 21.2 Å². The zero-order valence-electron chi connectivity index (χ0n) is 42.9. The number of hydrogen-bond donors (Lipinski definition) is 3. The average Bonchev–Trinajstić information content (AvgIpc) is 4.50. The van der Waals surface area contributed by atoms with Gasteiger partial charge in [-0.25, -0.2) is 14.5 Å². The summed E-state index contributed by atoms with van der Waals surface area (Å²) in [6.45, 7) is 0.472. The van der Waals surface area contributed by atoms with E-state index in [1.54, 1.807) is 84.5 Å². The highest BCUT2D eigenvalue weighted by atomic mass is 35.5. The molecule has 0 bridgehead atoms. The summed E-state index contributed by atoms with van der Waals surface area (Å²) < 4.78 is 26.7. The Bertz CT molecular complexity index is 4080. The number of H-pyrrole nitrogens is 1. The molecule has 8 aromatic carbocycles. The molecule has 0 spiro atoms. The van der Waals surface area contributed by atoms with Crippen molar-refractivity contribution in [3.8, 4) is 68.4 Å². The second-order valence-electron chi connectivity index (χ2n) is 17.0. The van der Waals surface area contributed by atoms with Gasteiger partial charge < -0.3 is 30.2 Å². The van der Waals surface area contributed by atoms with Gasteiger partial charge >= 0.3 is 6.15 Å². The lowest BCUT2D eigenvalue weighted by Gasteiger charge is -2.13. The second-order valence-corrected chi connectivity index (χ2v) is 18.7. The highest BCUT2D eigenvalue weighted by Gasteiger charge is 2.21. The number of fused-ring (bicyclic) bond motifs is 2. The van der Waals surface area contributed by atoms with Crippen molar-refractivity contribution in [2.75, 3.05) is 26.1 Å². The zero-order valence-corrected chi connectivity index (χ0v) is 45.9. The summed E-state index contributed by atoms with van der Waals surface area (Å²) in [6.07, 6.45) is 3.58. The third kappa shape index (κ3) is 14.4. The molecule has 11 aromatic rings. The maximum Gasteiger partial charge on any atom is 0.373 e. The van der Waals surface area contributed by atoms with Crippen molar-refractivity contribution in [2.45, 2.75) is 0 Å². The normalized spacial score (nSPS) is 11.1. The van der Waals surface area contributed by atoms with Crippen molar-refractivity contribution >= 4 is 91.8 Å². The smallest absolute Gasteiger partial charge is 0.373 e. The molecule has 412 valence electrons. The highest BCUT2D eigenvalue weighted by Crippen LogP contribution is 2.40. The molecule has 0 saturated carbocycles. The number of methoxy groups -OCH3 is 2. The first-order valence-electron chi connectivity index (χ1n) is 23.9. The Labute approximate surface area is 485 Å². The number of hydrogen-bond acceptors (Lipinski definition) is 16. The molecule has 0 fully saturated rings. The number of para-hydroxylation sites is 1. The van der Waals surface area contributed by atoms with Gasteiger partial charge in [0.1, 0.15) is 46.8 Å². The maximum absolute atomic E-state index is 12.5. The molecule has 1 amide bonds. The molecule has 0 unspecified atom stereocenters. The predicted octanol–water partition coefficient (Wildman–Crippen LogP) is 12.7. The minimum absolute atomic E-state index is 0. The van der Waals surface area contributed by atoms with Crippen molar-refractivity contribution in [3.05, 3.63) is 202 Å². The largest absolute Gasteiger partial charge is 0.497 e. The fourth-order valence-electron chi connectivity index (χ4n) is 8.09. The minimum atomic E-state index is -0.371. The van der Waals surface area contributed by atoms with Crippen molar-refractivity contribution < 1.29 is 38.8 Å². The molecule has 0 aliphatic carbocycles. The Morgan fingerprint density at radius 1 is 0.598 bits per heavy atom. The standard InChI is InChI=1S/C28H19Cl2N7O3.C26H18Cl2N2O2.C2H4N4.CO2.H2O/c1-39-24-9-6-17-10-19(3-2-18(17)11-24)26-25(15-31-37(26)22-13-20(29)12-21(30)14-22)40-23-7-4-16(5-8-23)27(38)32-28-33-35-36-34-28;1-31-24-10-9-17-11-19(8-7-18(17)12-24)26-25(32-23-5-3-2-4-6-23)16-29-30(26)22-14-20(27)13-21(28)15-22;3-2-1-4-6-5-2;2-1-3;/h2-15H,1H3,(H2,32,33,34,35,36,38);2-16H,1H3;1H2,(H2,3,4,5);;1H2. The van der Waals surface area contributed by atoms with E-state index in [0.717, 1.165) is 61.3 Å². The van der Waals surface area contributed by atoms with Gasteiger partial charge in [-0.2, -0.15) is 24.9 Å². The van der Waals surface area contributed by atoms with Crippen LogP contribution in [-0.4, -0.2) is 84.3 Å². The van der Waals surface area contributed by atoms with E-state index in [1.807, 2.05) is 103 Å². The van der Waals surface area contributed by atoms with E-state index in [4.69, 9.17) is 80.7 Å². The number of aromatic amines is 1. The van der Waals surface area contributed by atoms with Crippen LogP contribution in [0.25, 0.3) is 55.4 Å². The number of halogens is 4. The van der Waals surface area contributed by atoms with E-state index in [0.29, 0.717) is 66.7 Å². The Hall–Kier alpha value is -9.99. The molecule has 25 heteroatoms. The van der Waals surface area contributed by atoms with Gasteiger partial charge in [-0.05, 0) is 146 Å². The van der Waals surface area contributed by atoms with E-state index in [1.165, 1.54) is 0 Å². The van der Waals surface area contributed by atoms with Crippen LogP contribution in [0.2, 0.25) is 20.1 Å². The fraction of sp³-hybridized carbons (Fsp3) is 0.0526. The number of tetrazole rings is 1. The first-order chi connectivity index (χ1) is 39.4. The summed E-state index contributed by atoms with van der Waals surface area (Å²) in [5.41, 5.74) is 10.2. The molecule has 6 N–H and O–H groups in total. The molecule has 4 heterocycles. The lowest BCUT2D eigenvalue weighted by molar-refractivity contribution is -0.191. The third-order valence-electron chi connectivity index (χ3n) is 11.7. The number of benzene rings is 8. The van der Waals surface area contributed by atoms with Crippen molar-refractivity contribution in [1.29, 1.82) is 0 Å². The number of anilines is 1. The first-order valence-corrected chi connectivity index (χ1v) is 25.4. The number of ether oxygens (including phenoxy) is 4. The summed E-state index contributed by atoms with van der Waals surface area (Å²) >= 11 is 25.2. The zero-order chi connectivity index (χ0) is 56.8. The molecular weight excluding hydrogens is 1140 g/mol. The topological polar surface area (TPSA) is 285 Å². The van der Waals surface area contributed by atoms with Crippen LogP contribution in [0.15, 0.2) is 192 Å². The number of rotatable bonds is 12. The first kappa shape index (κ1) is 58.2. The number of nitrogens with one attached hydrogen (secondary N) is 2. The fourth-order valence-corrected chi connectivity index (χ4v) is 9.12. The van der Waals surface area contributed by atoms with Crippen LogP contribution in [0.1, 0.15) is 10.4 Å². The summed E-state index contributed by atoms with van der Waals surface area (Å²) in [5.74, 6) is 4.22. The van der Waals surface area contributed by atoms with Gasteiger partial charge in [0, 0.05) is 36.8 Å². The number of amidine groups is 1. The number of amides is 1. The molecule has 12 rings (SSSR count). The maximum atomic E-state index is 12.5. The molecule has 0 radical (unpaired) electrons. The Morgan fingerprint density at radius 2 is 1.05 bits per heavy atom. The Morgan fingerprint density at radius 3 is 1.46 bits per heavy atom. The average molecular weight is 1180 g/mol. The van der Waals surface area contributed by atoms with Crippen LogP contribution in [0.4, 0.5) is 5.95 Å². The van der Waals surface area contributed by atoms with Crippen LogP contribution < -0.4 is 30.0 Å². The van der Waals surface area contributed by atoms with Crippen LogP contribution >= 0.6 is 46.4 Å². The number of aromatic nitrogens is 8. The van der Waals surface area contributed by atoms with Gasteiger partial charge in [-0.1, -0.05) is 106 Å². The number of carbonyl (C=O) groups is 1. The van der Waals surface area contributed by atoms with E-state index < -0.39 is 0 Å². The molecule has 0 saturated heterocycles. The number of carbonyl (C=O) groups excluding carboxylic acids is 3. The monoisotopic (exact) mass is 1180 g/mol. The van der Waals surface area contributed by atoms with E-state index in [-0.39, 0.29) is 23.5 Å². The van der Waals surface area contributed by atoms with Crippen LogP contribution in [0, 0.1) is 0 Å². The van der Waals surface area contributed by atoms with Crippen LogP contribution in [0.5, 0.6) is 34.5 Å². The van der Waals surface area contributed by atoms with Gasteiger partial charge in [-0.3, -0.25) is 10.1 Å². The molecule has 1 aliphatic heterocycles. The Kier molecular flexibility index (Phi) is 19.3. The van der Waals surface area contributed by atoms with E-state index in [2.05, 4.69) is 63.7 Å². The lowest BCUT2D eigenvalue weighted by Crippen LogP contribution is -2.12. The summed E-state index contributed by atoms with van der Waals surface area (Å²) in [5, 5.41) is 41.1. The molecule has 3 aromatic heterocycles. The van der Waals surface area contributed by atoms with E-state index >= 15 is 0 Å². The highest BCUT2D eigenvalue weighted by molar-refractivity contribution is 6.35. The lowest BCUT2D eigenvalue weighted by atomic mass is 10.0. The van der Waals surface area contributed by atoms with Crippen LogP contribution in [0.3, 0.4) is 0 Å². The van der Waals surface area contributed by atoms with Crippen LogP contribution in [-0.2, 0) is 9.59 Å². The Balaban J connectivity index is 0.000000187. The van der Waals surface area contributed by atoms with Gasteiger partial charge in [0.2, 0.25) is 5.95 Å². The van der Waals surface area contributed by atoms with Gasteiger partial charge in [0.05, 0.1) is 38.0 Å². The molecule has 0 atom stereocenters. The summed E-state index contributed by atoms with van der Waals surface area (Å²) in [6, 6.07) is 50.9. The van der Waals surface area contributed by atoms with E-state index in [9.17, 15) is 4.79 Å².